The van der Waals surface area contributed by atoms with Crippen LogP contribution in [0.2, 0.25) is 0 Å². The molecule has 0 radical (unpaired) electrons. The van der Waals surface area contributed by atoms with Crippen molar-refractivity contribution in [2.24, 2.45) is 0 Å². The van der Waals surface area contributed by atoms with E-state index in [9.17, 15) is 4.79 Å². The van der Waals surface area contributed by atoms with Crippen LogP contribution in [-0.4, -0.2) is 20.0 Å². The number of hydrogen-bond donors (Lipinski definition) is 0. The lowest BCUT2D eigenvalue weighted by molar-refractivity contribution is 0.112. The zero-order valence-electron chi connectivity index (χ0n) is 9.44. The van der Waals surface area contributed by atoms with Gasteiger partial charge in [-0.05, 0) is 31.0 Å². The van der Waals surface area contributed by atoms with Gasteiger partial charge in [-0.15, -0.1) is 6.58 Å². The van der Waals surface area contributed by atoms with Crippen molar-refractivity contribution < 1.29 is 14.3 Å². The van der Waals surface area contributed by atoms with Gasteiger partial charge >= 0.3 is 0 Å². The van der Waals surface area contributed by atoms with Crippen LogP contribution in [0.4, 0.5) is 0 Å². The standard InChI is InChI=1S/C13H16O3/c1-3-4-5-8-16-13-9-11(10-14)6-7-12(13)15-2/h3,6-7,9-10H,1,4-5,8H2,2H3. The van der Waals surface area contributed by atoms with Gasteiger partial charge in [0.05, 0.1) is 13.7 Å². The van der Waals surface area contributed by atoms with Gasteiger partial charge in [0, 0.05) is 5.56 Å². The number of unbranched alkanes of at least 4 members (excludes halogenated alkanes) is 1. The maximum Gasteiger partial charge on any atom is 0.161 e. The van der Waals surface area contributed by atoms with E-state index in [2.05, 4.69) is 6.58 Å². The molecular formula is C13H16O3. The molecule has 16 heavy (non-hydrogen) atoms. The molecule has 1 rings (SSSR count). The van der Waals surface area contributed by atoms with E-state index >= 15 is 0 Å². The summed E-state index contributed by atoms with van der Waals surface area (Å²) in [4.78, 5) is 10.6. The van der Waals surface area contributed by atoms with E-state index in [4.69, 9.17) is 9.47 Å². The van der Waals surface area contributed by atoms with Gasteiger partial charge in [-0.3, -0.25) is 4.79 Å². The van der Waals surface area contributed by atoms with Crippen molar-refractivity contribution in [3.63, 3.8) is 0 Å². The topological polar surface area (TPSA) is 35.5 Å². The Bertz CT molecular complexity index is 358. The molecule has 0 N–H and O–H groups in total. The number of methoxy groups -OCH3 is 1. The van der Waals surface area contributed by atoms with E-state index in [0.29, 0.717) is 23.7 Å². The van der Waals surface area contributed by atoms with E-state index in [1.807, 2.05) is 6.08 Å². The minimum Gasteiger partial charge on any atom is -0.493 e. The third-order valence-corrected chi connectivity index (χ3v) is 2.13. The summed E-state index contributed by atoms with van der Waals surface area (Å²) in [5.74, 6) is 1.25. The van der Waals surface area contributed by atoms with Crippen molar-refractivity contribution >= 4 is 6.29 Å². The lowest BCUT2D eigenvalue weighted by Crippen LogP contribution is -1.99. The molecule has 0 spiro atoms. The number of aldehydes is 1. The number of hydrogen-bond acceptors (Lipinski definition) is 3. The number of carbonyl (C=O) groups excluding carboxylic acids is 1. The second-order valence-electron chi connectivity index (χ2n) is 3.31. The normalized spacial score (nSPS) is 9.56. The lowest BCUT2D eigenvalue weighted by atomic mass is 10.2. The zero-order chi connectivity index (χ0) is 11.8. The van der Waals surface area contributed by atoms with Gasteiger partial charge in [-0.2, -0.15) is 0 Å². The monoisotopic (exact) mass is 220 g/mol. The molecule has 3 heteroatoms. The molecule has 0 saturated carbocycles. The van der Waals surface area contributed by atoms with Crippen LogP contribution in [0, 0.1) is 0 Å². The highest BCUT2D eigenvalue weighted by Crippen LogP contribution is 2.27. The average molecular weight is 220 g/mol. The first-order valence-electron chi connectivity index (χ1n) is 5.18. The summed E-state index contributed by atoms with van der Waals surface area (Å²) in [6.07, 6.45) is 4.45. The number of allylic oxidation sites excluding steroid dienone is 1. The molecule has 1 aromatic rings. The molecule has 0 amide bonds. The predicted octanol–water partition coefficient (Wildman–Crippen LogP) is 2.85. The molecule has 0 aliphatic heterocycles. The average Bonchev–Trinajstić information content (AvgIpc) is 2.34. The quantitative estimate of drug-likeness (QED) is 0.402. The SMILES string of the molecule is C=CCCCOc1cc(C=O)ccc1OC. The van der Waals surface area contributed by atoms with E-state index < -0.39 is 0 Å². The zero-order valence-corrected chi connectivity index (χ0v) is 9.44. The fourth-order valence-corrected chi connectivity index (χ4v) is 1.29. The minimum atomic E-state index is 0.583. The van der Waals surface area contributed by atoms with Crippen molar-refractivity contribution in [1.29, 1.82) is 0 Å². The van der Waals surface area contributed by atoms with Crippen LogP contribution in [0.1, 0.15) is 23.2 Å². The Morgan fingerprint density at radius 1 is 1.38 bits per heavy atom. The molecular weight excluding hydrogens is 204 g/mol. The van der Waals surface area contributed by atoms with Gasteiger partial charge < -0.3 is 9.47 Å². The summed E-state index contributed by atoms with van der Waals surface area (Å²) in [6.45, 7) is 4.23. The maximum absolute atomic E-state index is 10.6. The largest absolute Gasteiger partial charge is 0.493 e. The van der Waals surface area contributed by atoms with Gasteiger partial charge in [0.15, 0.2) is 11.5 Å². The molecule has 0 atom stereocenters. The molecule has 0 aliphatic carbocycles. The molecule has 1 aromatic carbocycles. The molecule has 0 aromatic heterocycles. The Hall–Kier alpha value is -1.77. The van der Waals surface area contributed by atoms with Gasteiger partial charge in [0.2, 0.25) is 0 Å². The van der Waals surface area contributed by atoms with Crippen LogP contribution >= 0.6 is 0 Å². The van der Waals surface area contributed by atoms with Crippen molar-refractivity contribution in [1.82, 2.24) is 0 Å². The van der Waals surface area contributed by atoms with Crippen molar-refractivity contribution in [3.05, 3.63) is 36.4 Å². The minimum absolute atomic E-state index is 0.583. The summed E-state index contributed by atoms with van der Waals surface area (Å²) < 4.78 is 10.7. The highest BCUT2D eigenvalue weighted by Gasteiger charge is 2.04. The van der Waals surface area contributed by atoms with Crippen LogP contribution in [0.25, 0.3) is 0 Å². The molecule has 0 aliphatic rings. The van der Waals surface area contributed by atoms with E-state index in [0.717, 1.165) is 19.1 Å². The Labute approximate surface area is 95.7 Å². The van der Waals surface area contributed by atoms with Gasteiger partial charge in [0.25, 0.3) is 0 Å². The van der Waals surface area contributed by atoms with Crippen molar-refractivity contribution in [3.8, 4) is 11.5 Å². The van der Waals surface area contributed by atoms with Gasteiger partial charge in [0.1, 0.15) is 6.29 Å². The number of benzene rings is 1. The lowest BCUT2D eigenvalue weighted by Gasteiger charge is -2.10. The summed E-state index contributed by atoms with van der Waals surface area (Å²) in [6, 6.07) is 5.11. The van der Waals surface area contributed by atoms with E-state index in [-0.39, 0.29) is 0 Å². The fraction of sp³-hybridized carbons (Fsp3) is 0.308. The number of ether oxygens (including phenoxy) is 2. The molecule has 0 heterocycles. The van der Waals surface area contributed by atoms with E-state index in [1.165, 1.54) is 0 Å². The molecule has 0 fully saturated rings. The maximum atomic E-state index is 10.6. The summed E-state index contributed by atoms with van der Waals surface area (Å²) in [7, 11) is 1.58. The molecule has 0 saturated heterocycles. The molecule has 3 nitrogen and oxygen atoms in total. The Morgan fingerprint density at radius 3 is 2.81 bits per heavy atom. The predicted molar refractivity (Wildman–Crippen MR) is 63.3 cm³/mol. The van der Waals surface area contributed by atoms with Gasteiger partial charge in [-0.25, -0.2) is 0 Å². The first kappa shape index (κ1) is 12.3. The second-order valence-corrected chi connectivity index (χ2v) is 3.31. The Morgan fingerprint density at radius 2 is 2.19 bits per heavy atom. The second kappa shape index (κ2) is 6.67. The van der Waals surface area contributed by atoms with E-state index in [1.54, 1.807) is 25.3 Å². The summed E-state index contributed by atoms with van der Waals surface area (Å²) in [5, 5.41) is 0. The fourth-order valence-electron chi connectivity index (χ4n) is 1.29. The summed E-state index contributed by atoms with van der Waals surface area (Å²) >= 11 is 0. The molecule has 0 bridgehead atoms. The highest BCUT2D eigenvalue weighted by molar-refractivity contribution is 5.76. The third-order valence-electron chi connectivity index (χ3n) is 2.13. The number of carbonyl (C=O) groups is 1. The van der Waals surface area contributed by atoms with Crippen molar-refractivity contribution in [2.45, 2.75) is 12.8 Å². The van der Waals surface area contributed by atoms with Crippen molar-refractivity contribution in [2.75, 3.05) is 13.7 Å². The number of rotatable bonds is 7. The highest BCUT2D eigenvalue weighted by atomic mass is 16.5. The summed E-state index contributed by atoms with van der Waals surface area (Å²) in [5.41, 5.74) is 0.583. The molecule has 0 unspecified atom stereocenters. The van der Waals surface area contributed by atoms with Crippen LogP contribution in [0.5, 0.6) is 11.5 Å². The Balaban J connectivity index is 2.67. The molecule has 86 valence electrons. The van der Waals surface area contributed by atoms with Crippen LogP contribution < -0.4 is 9.47 Å². The first-order chi connectivity index (χ1) is 7.81. The van der Waals surface area contributed by atoms with Crippen LogP contribution in [-0.2, 0) is 0 Å². The van der Waals surface area contributed by atoms with Gasteiger partial charge in [-0.1, -0.05) is 6.08 Å². The first-order valence-corrected chi connectivity index (χ1v) is 5.18. The van der Waals surface area contributed by atoms with Crippen LogP contribution in [0.15, 0.2) is 30.9 Å². The third kappa shape index (κ3) is 3.42. The van der Waals surface area contributed by atoms with Crippen LogP contribution in [0.3, 0.4) is 0 Å². The smallest absolute Gasteiger partial charge is 0.161 e. The Kier molecular flexibility index (Phi) is 5.12.